The molecule has 168 valence electrons. The van der Waals surface area contributed by atoms with Gasteiger partial charge in [-0.3, -0.25) is 4.79 Å². The lowest BCUT2D eigenvalue weighted by Gasteiger charge is -2.35. The molecule has 2 aliphatic rings. The van der Waals surface area contributed by atoms with Crippen LogP contribution in [0, 0.1) is 11.8 Å². The number of carbonyl (C=O) groups is 2. The topological polar surface area (TPSA) is 126 Å². The number of fused-ring (bicyclic) bond motifs is 1. The van der Waals surface area contributed by atoms with Gasteiger partial charge in [-0.05, 0) is 42.9 Å². The van der Waals surface area contributed by atoms with Crippen molar-refractivity contribution >= 4 is 12.4 Å². The fourth-order valence-electron chi connectivity index (χ4n) is 4.15. The Labute approximate surface area is 176 Å². The zero-order valence-electron chi connectivity index (χ0n) is 17.2. The van der Waals surface area contributed by atoms with E-state index in [9.17, 15) is 9.90 Å². The van der Waals surface area contributed by atoms with Crippen LogP contribution < -0.4 is 4.74 Å². The van der Waals surface area contributed by atoms with Gasteiger partial charge in [0.2, 0.25) is 0 Å². The summed E-state index contributed by atoms with van der Waals surface area (Å²) in [6, 6.07) is 6.89. The lowest BCUT2D eigenvalue weighted by atomic mass is 9.78. The monoisotopic (exact) mass is 425 g/mol. The third-order valence-electron chi connectivity index (χ3n) is 5.49. The summed E-state index contributed by atoms with van der Waals surface area (Å²) in [5, 5.41) is 26.2. The maximum atomic E-state index is 11.7. The van der Waals surface area contributed by atoms with Crippen molar-refractivity contribution in [1.82, 2.24) is 4.90 Å². The molecule has 1 saturated carbocycles. The van der Waals surface area contributed by atoms with Crippen LogP contribution in [0.5, 0.6) is 5.75 Å². The lowest BCUT2D eigenvalue weighted by molar-refractivity contribution is -0.122. The maximum Gasteiger partial charge on any atom is 0.337 e. The number of aliphatic hydroxyl groups excluding tert-OH is 2. The molecule has 0 bridgehead atoms. The van der Waals surface area contributed by atoms with Crippen LogP contribution in [0.1, 0.15) is 23.2 Å². The van der Waals surface area contributed by atoms with Gasteiger partial charge in [0.15, 0.2) is 0 Å². The van der Waals surface area contributed by atoms with Crippen LogP contribution in [0.3, 0.4) is 0 Å². The van der Waals surface area contributed by atoms with Crippen LogP contribution in [0.2, 0.25) is 0 Å². The van der Waals surface area contributed by atoms with Gasteiger partial charge in [-0.2, -0.15) is 0 Å². The normalized spacial score (nSPS) is 25.6. The predicted molar refractivity (Wildman–Crippen MR) is 107 cm³/mol. The minimum absolute atomic E-state index is 0.0492. The van der Waals surface area contributed by atoms with Gasteiger partial charge in [0.25, 0.3) is 6.47 Å². The molecule has 1 aliphatic carbocycles. The molecule has 2 fully saturated rings. The second-order valence-electron chi connectivity index (χ2n) is 7.44. The Morgan fingerprint density at radius 2 is 1.93 bits per heavy atom. The number of esters is 1. The largest absolute Gasteiger partial charge is 0.488 e. The van der Waals surface area contributed by atoms with E-state index in [0.717, 1.165) is 32.5 Å². The quantitative estimate of drug-likeness (QED) is 0.312. The molecule has 1 aromatic carbocycles. The number of rotatable bonds is 8. The first-order chi connectivity index (χ1) is 14.5. The van der Waals surface area contributed by atoms with Gasteiger partial charge in [0.05, 0.1) is 38.6 Å². The van der Waals surface area contributed by atoms with E-state index < -0.39 is 12.1 Å². The number of hydrogen-bond acceptors (Lipinski definition) is 8. The van der Waals surface area contributed by atoms with Gasteiger partial charge >= 0.3 is 5.97 Å². The zero-order chi connectivity index (χ0) is 21.9. The van der Waals surface area contributed by atoms with Crippen molar-refractivity contribution in [2.75, 3.05) is 46.6 Å². The Hall–Kier alpha value is -2.20. The summed E-state index contributed by atoms with van der Waals surface area (Å²) in [6.45, 7) is 3.57. The molecular weight excluding hydrogens is 394 g/mol. The highest BCUT2D eigenvalue weighted by molar-refractivity contribution is 5.89. The second-order valence-corrected chi connectivity index (χ2v) is 7.44. The summed E-state index contributed by atoms with van der Waals surface area (Å²) in [4.78, 5) is 22.4. The van der Waals surface area contributed by atoms with Crippen LogP contribution >= 0.6 is 0 Å². The summed E-state index contributed by atoms with van der Waals surface area (Å²) >= 11 is 0. The number of nitrogens with zero attached hydrogens (tertiary/aromatic N) is 1. The third-order valence-corrected chi connectivity index (χ3v) is 5.49. The maximum absolute atomic E-state index is 11.7. The Bertz CT molecular complexity index is 670. The van der Waals surface area contributed by atoms with E-state index in [1.54, 1.807) is 24.3 Å². The van der Waals surface area contributed by atoms with E-state index in [4.69, 9.17) is 29.2 Å². The van der Waals surface area contributed by atoms with Gasteiger partial charge < -0.3 is 34.4 Å². The highest BCUT2D eigenvalue weighted by Crippen LogP contribution is 2.38. The molecule has 0 radical (unpaired) electrons. The highest BCUT2D eigenvalue weighted by atomic mass is 16.5. The molecule has 9 nitrogen and oxygen atoms in total. The number of carboxylic acid groups (broad SMARTS) is 1. The molecule has 3 rings (SSSR count). The van der Waals surface area contributed by atoms with Gasteiger partial charge in [0.1, 0.15) is 11.9 Å². The summed E-state index contributed by atoms with van der Waals surface area (Å²) in [5.41, 5.74) is 0.438. The highest BCUT2D eigenvalue weighted by Gasteiger charge is 2.42. The Morgan fingerprint density at radius 3 is 2.60 bits per heavy atom. The molecule has 0 amide bonds. The average molecular weight is 425 g/mol. The first kappa shape index (κ1) is 24.1. The van der Waals surface area contributed by atoms with Crippen LogP contribution in [0.15, 0.2) is 24.3 Å². The number of methoxy groups -OCH3 is 1. The third kappa shape index (κ3) is 6.94. The molecule has 30 heavy (non-hydrogen) atoms. The van der Waals surface area contributed by atoms with Crippen molar-refractivity contribution in [3.8, 4) is 5.75 Å². The standard InChI is InChI=1S/C20H29NO6.CH2O2/c1-25-20(24)14-3-2-4-17(9-14)27-19-11-16-13-21(5-7-26-8-6-22)12-15(16)10-18(19)23;2-1-3/h2-4,9,15-16,18-19,22-23H,5-8,10-13H2,1H3;1H,(H,2,3)/t15-,16+,18+,19+;/m0./s1. The van der Waals surface area contributed by atoms with Crippen molar-refractivity contribution in [3.63, 3.8) is 0 Å². The molecule has 1 saturated heterocycles. The first-order valence-electron chi connectivity index (χ1n) is 10.0. The fourth-order valence-corrected chi connectivity index (χ4v) is 4.15. The molecular formula is C21H31NO8. The van der Waals surface area contributed by atoms with E-state index in [1.807, 2.05) is 0 Å². The van der Waals surface area contributed by atoms with Crippen LogP contribution in [-0.2, 0) is 14.3 Å². The molecule has 1 heterocycles. The first-order valence-corrected chi connectivity index (χ1v) is 10.0. The van der Waals surface area contributed by atoms with Gasteiger partial charge in [-0.1, -0.05) is 6.07 Å². The van der Waals surface area contributed by atoms with E-state index in [-0.39, 0.29) is 19.2 Å². The molecule has 9 heteroatoms. The minimum Gasteiger partial charge on any atom is -0.488 e. The predicted octanol–water partition coefficient (Wildman–Crippen LogP) is 0.633. The number of ether oxygens (including phenoxy) is 3. The number of benzene rings is 1. The molecule has 1 aliphatic heterocycles. The fraction of sp³-hybridized carbons (Fsp3) is 0.619. The molecule has 0 aromatic heterocycles. The molecule has 4 atom stereocenters. The summed E-state index contributed by atoms with van der Waals surface area (Å²) in [5.74, 6) is 1.13. The van der Waals surface area contributed by atoms with E-state index in [0.29, 0.717) is 36.4 Å². The Kier molecular flexibility index (Phi) is 10.0. The van der Waals surface area contributed by atoms with Gasteiger partial charge in [-0.25, -0.2) is 4.79 Å². The molecule has 0 unspecified atom stereocenters. The SMILES string of the molecule is COC(=O)c1cccc(O[C@@H]2C[C@@H]3CN(CCOCCO)C[C@@H]3C[C@H]2O)c1.O=CO. The minimum atomic E-state index is -0.515. The number of carbonyl (C=O) groups excluding carboxylic acids is 1. The van der Waals surface area contributed by atoms with Gasteiger partial charge in [0, 0.05) is 19.6 Å². The van der Waals surface area contributed by atoms with E-state index >= 15 is 0 Å². The number of likely N-dealkylation sites (tertiary alicyclic amines) is 1. The van der Waals surface area contributed by atoms with Crippen molar-refractivity contribution in [2.45, 2.75) is 25.0 Å². The summed E-state index contributed by atoms with van der Waals surface area (Å²) < 4.78 is 16.1. The van der Waals surface area contributed by atoms with Gasteiger partial charge in [-0.15, -0.1) is 0 Å². The van der Waals surface area contributed by atoms with E-state index in [2.05, 4.69) is 4.90 Å². The summed E-state index contributed by atoms with van der Waals surface area (Å²) in [7, 11) is 1.35. The number of aliphatic hydroxyl groups is 2. The van der Waals surface area contributed by atoms with Crippen LogP contribution in [0.4, 0.5) is 0 Å². The second kappa shape index (κ2) is 12.5. The van der Waals surface area contributed by atoms with Crippen LogP contribution in [0.25, 0.3) is 0 Å². The summed E-state index contributed by atoms with van der Waals surface area (Å²) in [6.07, 6.45) is 0.728. The average Bonchev–Trinajstić information content (AvgIpc) is 3.13. The molecule has 1 aromatic rings. The molecule has 3 N–H and O–H groups in total. The van der Waals surface area contributed by atoms with Crippen molar-refractivity contribution in [1.29, 1.82) is 0 Å². The van der Waals surface area contributed by atoms with Crippen molar-refractivity contribution in [3.05, 3.63) is 29.8 Å². The Balaban J connectivity index is 0.00000101. The van der Waals surface area contributed by atoms with Crippen molar-refractivity contribution in [2.24, 2.45) is 11.8 Å². The van der Waals surface area contributed by atoms with E-state index in [1.165, 1.54) is 7.11 Å². The number of hydrogen-bond donors (Lipinski definition) is 3. The lowest BCUT2D eigenvalue weighted by Crippen LogP contribution is -2.42. The molecule has 0 spiro atoms. The smallest absolute Gasteiger partial charge is 0.337 e. The Morgan fingerprint density at radius 1 is 1.23 bits per heavy atom. The van der Waals surface area contributed by atoms with Crippen molar-refractivity contribution < 1.29 is 39.1 Å². The zero-order valence-corrected chi connectivity index (χ0v) is 17.2. The van der Waals surface area contributed by atoms with Crippen LogP contribution in [-0.4, -0.2) is 91.4 Å².